The van der Waals surface area contributed by atoms with Crippen LogP contribution in [0.4, 0.5) is 5.69 Å². The molecule has 4 rings (SSSR count). The van der Waals surface area contributed by atoms with Crippen LogP contribution in [0.15, 0.2) is 53.4 Å². The van der Waals surface area contributed by atoms with Crippen LogP contribution in [0, 0.1) is 11.3 Å². The number of fused-ring (bicyclic) bond motifs is 1. The molecule has 0 spiro atoms. The summed E-state index contributed by atoms with van der Waals surface area (Å²) in [7, 11) is 0. The second kappa shape index (κ2) is 9.65. The quantitative estimate of drug-likeness (QED) is 0.765. The number of quaternary nitrogens is 2. The molecule has 2 aromatic rings. The number of hydrogen-bond acceptors (Lipinski definition) is 3. The summed E-state index contributed by atoms with van der Waals surface area (Å²) in [6.07, 6.45) is 1.03. The maximum absolute atomic E-state index is 13.2. The Morgan fingerprint density at radius 2 is 1.80 bits per heavy atom. The second-order valence-corrected chi connectivity index (χ2v) is 9.87. The van der Waals surface area contributed by atoms with Gasteiger partial charge < -0.3 is 14.7 Å². The molecule has 5 nitrogen and oxygen atoms in total. The molecule has 1 atom stereocenters. The summed E-state index contributed by atoms with van der Waals surface area (Å²) in [6, 6.07) is 18.4. The molecule has 0 aromatic heterocycles. The van der Waals surface area contributed by atoms with Gasteiger partial charge in [0, 0.05) is 22.3 Å². The lowest BCUT2D eigenvalue weighted by Gasteiger charge is -2.31. The Bertz CT molecular complexity index is 916. The number of piperazine rings is 1. The topological polar surface area (TPSA) is 53.0 Å². The molecule has 2 N–H and O–H groups in total. The van der Waals surface area contributed by atoms with Crippen LogP contribution < -0.4 is 14.7 Å². The van der Waals surface area contributed by atoms with Crippen molar-refractivity contribution in [3.05, 3.63) is 59.7 Å². The van der Waals surface area contributed by atoms with E-state index in [-0.39, 0.29) is 5.91 Å². The van der Waals surface area contributed by atoms with Crippen molar-refractivity contribution in [1.29, 1.82) is 5.26 Å². The highest BCUT2D eigenvalue weighted by molar-refractivity contribution is 8.00. The molecule has 0 aliphatic carbocycles. The smallest absolute Gasteiger partial charge is 0.282 e. The number of carbonyl (C=O) groups is 1. The molecule has 1 saturated heterocycles. The third-order valence-electron chi connectivity index (χ3n) is 6.15. The molecule has 0 unspecified atom stereocenters. The lowest BCUT2D eigenvalue weighted by Crippen LogP contribution is -3.28. The minimum absolute atomic E-state index is 0.252. The van der Waals surface area contributed by atoms with E-state index >= 15 is 0 Å². The molecular weight excluding hydrogens is 392 g/mol. The van der Waals surface area contributed by atoms with Gasteiger partial charge in [-0.3, -0.25) is 4.79 Å². The van der Waals surface area contributed by atoms with Crippen molar-refractivity contribution in [3.8, 4) is 6.07 Å². The molecule has 2 aliphatic rings. The van der Waals surface area contributed by atoms with Crippen LogP contribution in [0.25, 0.3) is 0 Å². The van der Waals surface area contributed by atoms with Gasteiger partial charge in [0.1, 0.15) is 32.7 Å². The maximum Gasteiger partial charge on any atom is 0.282 e. The first-order chi connectivity index (χ1) is 14.6. The first-order valence-corrected chi connectivity index (χ1v) is 11.7. The standard InChI is InChI=1S/C24H28N4OS/c1-19-10-11-28(22-4-2-3-5-23(22)30-19)24(29)18-27-14-12-26(13-15-27)17-21-8-6-20(16-25)7-9-21/h2-9,19H,10-15,17-18H2,1H3/p+2/t19-/m0/s1. The third kappa shape index (κ3) is 5.04. The Labute approximate surface area is 183 Å². The van der Waals surface area contributed by atoms with E-state index in [9.17, 15) is 4.79 Å². The minimum atomic E-state index is 0.252. The van der Waals surface area contributed by atoms with Crippen LogP contribution in [0.2, 0.25) is 0 Å². The molecular formula is C24H30N4OS+2. The van der Waals surface area contributed by atoms with Crippen LogP contribution >= 0.6 is 11.8 Å². The lowest BCUT2D eigenvalue weighted by atomic mass is 10.1. The van der Waals surface area contributed by atoms with Gasteiger partial charge in [0.15, 0.2) is 6.54 Å². The summed E-state index contributed by atoms with van der Waals surface area (Å²) < 4.78 is 0. The molecule has 1 fully saturated rings. The van der Waals surface area contributed by atoms with E-state index < -0.39 is 0 Å². The van der Waals surface area contributed by atoms with Crippen LogP contribution in [0.3, 0.4) is 0 Å². The average Bonchev–Trinajstić information content (AvgIpc) is 2.94. The van der Waals surface area contributed by atoms with E-state index in [0.29, 0.717) is 17.4 Å². The zero-order valence-electron chi connectivity index (χ0n) is 17.6. The summed E-state index contributed by atoms with van der Waals surface area (Å²) in [5, 5.41) is 9.47. The highest BCUT2D eigenvalue weighted by Crippen LogP contribution is 2.37. The van der Waals surface area contributed by atoms with Gasteiger partial charge in [0.25, 0.3) is 5.91 Å². The van der Waals surface area contributed by atoms with E-state index in [0.717, 1.165) is 51.4 Å². The second-order valence-electron chi connectivity index (χ2n) is 8.39. The normalized spacial score (nSPS) is 23.9. The lowest BCUT2D eigenvalue weighted by molar-refractivity contribution is -1.02. The van der Waals surface area contributed by atoms with Gasteiger partial charge in [-0.05, 0) is 30.7 Å². The SMILES string of the molecule is C[C@H]1CCN(C(=O)C[NH+]2CC[NH+](Cc3ccc(C#N)cc3)CC2)c2ccccc2S1. The summed E-state index contributed by atoms with van der Waals surface area (Å²) in [5.41, 5.74) is 3.07. The van der Waals surface area contributed by atoms with Crippen LogP contribution in [0.5, 0.6) is 0 Å². The minimum Gasteiger partial charge on any atom is -0.322 e. The predicted octanol–water partition coefficient (Wildman–Crippen LogP) is 0.759. The van der Waals surface area contributed by atoms with Gasteiger partial charge in [0.05, 0.1) is 17.3 Å². The van der Waals surface area contributed by atoms with Crippen LogP contribution in [0.1, 0.15) is 24.5 Å². The fraction of sp³-hybridized carbons (Fsp3) is 0.417. The Morgan fingerprint density at radius 1 is 1.10 bits per heavy atom. The van der Waals surface area contributed by atoms with Gasteiger partial charge in [-0.1, -0.05) is 31.2 Å². The molecule has 0 saturated carbocycles. The number of hydrogen-bond donors (Lipinski definition) is 2. The zero-order valence-corrected chi connectivity index (χ0v) is 18.4. The van der Waals surface area contributed by atoms with E-state index in [4.69, 9.17) is 5.26 Å². The molecule has 1 amide bonds. The molecule has 30 heavy (non-hydrogen) atoms. The van der Waals surface area contributed by atoms with Crippen molar-refractivity contribution in [2.45, 2.75) is 30.0 Å². The predicted molar refractivity (Wildman–Crippen MR) is 120 cm³/mol. The fourth-order valence-electron chi connectivity index (χ4n) is 4.35. The summed E-state index contributed by atoms with van der Waals surface area (Å²) >= 11 is 1.88. The Hall–Kier alpha value is -2.33. The number of amides is 1. The molecule has 2 aliphatic heterocycles. The number of nitrogens with one attached hydrogen (secondary N) is 2. The number of nitrogens with zero attached hydrogens (tertiary/aromatic N) is 2. The number of rotatable bonds is 4. The Balaban J connectivity index is 1.31. The molecule has 0 radical (unpaired) electrons. The van der Waals surface area contributed by atoms with Gasteiger partial charge in [-0.25, -0.2) is 0 Å². The molecule has 156 valence electrons. The number of benzene rings is 2. The van der Waals surface area contributed by atoms with E-state index in [2.05, 4.69) is 43.3 Å². The summed E-state index contributed by atoms with van der Waals surface area (Å²) in [4.78, 5) is 19.4. The fourth-order valence-corrected chi connectivity index (χ4v) is 5.46. The zero-order chi connectivity index (χ0) is 20.9. The van der Waals surface area contributed by atoms with Crippen molar-refractivity contribution in [1.82, 2.24) is 0 Å². The summed E-state index contributed by atoms with van der Waals surface area (Å²) in [6.45, 7) is 8.83. The van der Waals surface area contributed by atoms with Gasteiger partial charge in [0.2, 0.25) is 0 Å². The first kappa shape index (κ1) is 20.9. The highest BCUT2D eigenvalue weighted by Gasteiger charge is 2.29. The number of para-hydroxylation sites is 1. The number of anilines is 1. The third-order valence-corrected chi connectivity index (χ3v) is 7.38. The Morgan fingerprint density at radius 3 is 2.53 bits per heavy atom. The highest BCUT2D eigenvalue weighted by atomic mass is 32.2. The van der Waals surface area contributed by atoms with Gasteiger partial charge in [-0.2, -0.15) is 5.26 Å². The van der Waals surface area contributed by atoms with Gasteiger partial charge >= 0.3 is 0 Å². The number of nitriles is 1. The first-order valence-electron chi connectivity index (χ1n) is 10.8. The van der Waals surface area contributed by atoms with Crippen molar-refractivity contribution < 1.29 is 14.6 Å². The molecule has 2 aromatic carbocycles. The monoisotopic (exact) mass is 422 g/mol. The molecule has 0 bridgehead atoms. The van der Waals surface area contributed by atoms with Crippen molar-refractivity contribution >= 4 is 23.4 Å². The molecule has 6 heteroatoms. The van der Waals surface area contributed by atoms with Crippen molar-refractivity contribution in [2.75, 3.05) is 44.2 Å². The number of carbonyl (C=O) groups excluding carboxylic acids is 1. The Kier molecular flexibility index (Phi) is 6.73. The van der Waals surface area contributed by atoms with E-state index in [1.807, 2.05) is 34.9 Å². The summed E-state index contributed by atoms with van der Waals surface area (Å²) in [5.74, 6) is 0.252. The maximum atomic E-state index is 13.2. The number of thioether (sulfide) groups is 1. The van der Waals surface area contributed by atoms with Crippen LogP contribution in [-0.4, -0.2) is 50.4 Å². The van der Waals surface area contributed by atoms with Crippen molar-refractivity contribution in [2.24, 2.45) is 0 Å². The largest absolute Gasteiger partial charge is 0.322 e. The van der Waals surface area contributed by atoms with Crippen LogP contribution in [-0.2, 0) is 11.3 Å². The molecule has 2 heterocycles. The van der Waals surface area contributed by atoms with E-state index in [1.54, 1.807) is 4.90 Å². The van der Waals surface area contributed by atoms with E-state index in [1.165, 1.54) is 15.4 Å². The van der Waals surface area contributed by atoms with Crippen molar-refractivity contribution in [3.63, 3.8) is 0 Å². The average molecular weight is 423 g/mol. The van der Waals surface area contributed by atoms with Gasteiger partial charge in [-0.15, -0.1) is 11.8 Å².